The third-order valence-corrected chi connectivity index (χ3v) is 3.37. The molecule has 1 aliphatic rings. The van der Waals surface area contributed by atoms with Gasteiger partial charge in [-0.1, -0.05) is 6.92 Å². The molecule has 0 spiro atoms. The van der Waals surface area contributed by atoms with Crippen LogP contribution < -0.4 is 0 Å². The average molecular weight is 252 g/mol. The van der Waals surface area contributed by atoms with E-state index in [4.69, 9.17) is 9.52 Å². The molecule has 1 aliphatic heterocycles. The number of carbonyl (C=O) groups is 1. The van der Waals surface area contributed by atoms with E-state index in [1.807, 2.05) is 11.8 Å². The molecular formula is C13H20N2O3. The number of amides is 1. The Kier molecular flexibility index (Phi) is 4.38. The minimum Gasteiger partial charge on any atom is -0.469 e. The number of furan rings is 1. The molecule has 1 saturated heterocycles. The number of hydrogen-bond donors (Lipinski definition) is 1. The van der Waals surface area contributed by atoms with Crippen molar-refractivity contribution in [2.24, 2.45) is 0 Å². The molecule has 0 radical (unpaired) electrons. The topological polar surface area (TPSA) is 56.9 Å². The Labute approximate surface area is 107 Å². The quantitative estimate of drug-likeness (QED) is 0.852. The van der Waals surface area contributed by atoms with Gasteiger partial charge in [-0.3, -0.25) is 9.69 Å². The van der Waals surface area contributed by atoms with Crippen LogP contribution in [0.2, 0.25) is 0 Å². The van der Waals surface area contributed by atoms with Gasteiger partial charge in [0.25, 0.3) is 5.91 Å². The second-order valence-electron chi connectivity index (χ2n) is 4.47. The Hall–Kier alpha value is -1.33. The van der Waals surface area contributed by atoms with Gasteiger partial charge in [0, 0.05) is 39.1 Å². The van der Waals surface area contributed by atoms with E-state index in [2.05, 4.69) is 4.90 Å². The Morgan fingerprint density at radius 3 is 2.72 bits per heavy atom. The average Bonchev–Trinajstić information content (AvgIpc) is 2.87. The maximum absolute atomic E-state index is 12.3. The Morgan fingerprint density at radius 1 is 1.39 bits per heavy atom. The van der Waals surface area contributed by atoms with Crippen molar-refractivity contribution < 1.29 is 14.3 Å². The van der Waals surface area contributed by atoms with Crippen LogP contribution in [-0.4, -0.2) is 60.1 Å². The van der Waals surface area contributed by atoms with Crippen LogP contribution in [0.3, 0.4) is 0 Å². The highest BCUT2D eigenvalue weighted by Gasteiger charge is 2.24. The number of aliphatic hydroxyl groups excluding tert-OH is 1. The van der Waals surface area contributed by atoms with E-state index in [0.717, 1.165) is 25.3 Å². The number of aryl methyl sites for hydroxylation is 1. The summed E-state index contributed by atoms with van der Waals surface area (Å²) in [4.78, 5) is 16.3. The van der Waals surface area contributed by atoms with E-state index >= 15 is 0 Å². The van der Waals surface area contributed by atoms with E-state index < -0.39 is 0 Å². The van der Waals surface area contributed by atoms with Crippen LogP contribution >= 0.6 is 0 Å². The van der Waals surface area contributed by atoms with Crippen LogP contribution in [0.4, 0.5) is 0 Å². The maximum atomic E-state index is 12.3. The third-order valence-electron chi connectivity index (χ3n) is 3.37. The number of aliphatic hydroxyl groups is 1. The zero-order valence-corrected chi connectivity index (χ0v) is 10.8. The molecule has 2 heterocycles. The highest BCUT2D eigenvalue weighted by atomic mass is 16.3. The smallest absolute Gasteiger partial charge is 0.257 e. The molecule has 2 rings (SSSR count). The first-order valence-corrected chi connectivity index (χ1v) is 6.45. The zero-order valence-electron chi connectivity index (χ0n) is 10.8. The van der Waals surface area contributed by atoms with Gasteiger partial charge in [-0.05, 0) is 6.07 Å². The Morgan fingerprint density at radius 2 is 2.11 bits per heavy atom. The van der Waals surface area contributed by atoms with E-state index in [0.29, 0.717) is 25.2 Å². The minimum atomic E-state index is 0.0595. The summed E-state index contributed by atoms with van der Waals surface area (Å²) in [6.45, 7) is 5.93. The standard InChI is InChI=1S/C13H20N2O3/c1-2-12-11(3-10-18-12)13(17)15-6-4-14(5-7-15)8-9-16/h3,10,16H,2,4-9H2,1H3. The van der Waals surface area contributed by atoms with Gasteiger partial charge in [-0.2, -0.15) is 0 Å². The lowest BCUT2D eigenvalue weighted by Gasteiger charge is -2.34. The number of piperazine rings is 1. The first-order chi connectivity index (χ1) is 8.76. The summed E-state index contributed by atoms with van der Waals surface area (Å²) < 4.78 is 5.29. The molecule has 0 unspecified atom stereocenters. The van der Waals surface area contributed by atoms with Crippen LogP contribution in [0.5, 0.6) is 0 Å². The van der Waals surface area contributed by atoms with Crippen LogP contribution in [0.25, 0.3) is 0 Å². The van der Waals surface area contributed by atoms with Gasteiger partial charge in [0.1, 0.15) is 5.76 Å². The zero-order chi connectivity index (χ0) is 13.0. The van der Waals surface area contributed by atoms with E-state index in [-0.39, 0.29) is 12.5 Å². The van der Waals surface area contributed by atoms with Gasteiger partial charge >= 0.3 is 0 Å². The fourth-order valence-electron chi connectivity index (χ4n) is 2.29. The largest absolute Gasteiger partial charge is 0.469 e. The molecule has 1 fully saturated rings. The van der Waals surface area contributed by atoms with Crippen LogP contribution in [0.15, 0.2) is 16.7 Å². The Bertz CT molecular complexity index is 395. The van der Waals surface area contributed by atoms with Gasteiger partial charge in [-0.15, -0.1) is 0 Å². The second kappa shape index (κ2) is 6.02. The van der Waals surface area contributed by atoms with Gasteiger partial charge in [0.05, 0.1) is 18.4 Å². The minimum absolute atomic E-state index is 0.0595. The fourth-order valence-corrected chi connectivity index (χ4v) is 2.29. The van der Waals surface area contributed by atoms with Crippen molar-refractivity contribution in [3.63, 3.8) is 0 Å². The summed E-state index contributed by atoms with van der Waals surface area (Å²) in [6.07, 6.45) is 2.31. The van der Waals surface area contributed by atoms with Crippen molar-refractivity contribution >= 4 is 5.91 Å². The molecule has 0 atom stereocenters. The highest BCUT2D eigenvalue weighted by Crippen LogP contribution is 2.15. The molecule has 5 heteroatoms. The monoisotopic (exact) mass is 252 g/mol. The molecule has 1 amide bonds. The lowest BCUT2D eigenvalue weighted by atomic mass is 10.1. The fraction of sp³-hybridized carbons (Fsp3) is 0.615. The summed E-state index contributed by atoms with van der Waals surface area (Å²) in [5, 5.41) is 8.88. The first-order valence-electron chi connectivity index (χ1n) is 6.45. The van der Waals surface area contributed by atoms with Crippen LogP contribution in [0.1, 0.15) is 23.0 Å². The summed E-state index contributed by atoms with van der Waals surface area (Å²) in [5.74, 6) is 0.821. The lowest BCUT2D eigenvalue weighted by molar-refractivity contribution is 0.0613. The normalized spacial score (nSPS) is 17.1. The number of nitrogens with zero attached hydrogens (tertiary/aromatic N) is 2. The molecule has 1 aromatic rings. The molecular weight excluding hydrogens is 232 g/mol. The number of carbonyl (C=O) groups excluding carboxylic acids is 1. The first kappa shape index (κ1) is 13.1. The summed E-state index contributed by atoms with van der Waals surface area (Å²) in [6, 6.07) is 1.75. The Balaban J connectivity index is 1.95. The molecule has 0 aromatic carbocycles. The van der Waals surface area contributed by atoms with Gasteiger partial charge in [0.2, 0.25) is 0 Å². The van der Waals surface area contributed by atoms with Crippen molar-refractivity contribution in [3.8, 4) is 0 Å². The van der Waals surface area contributed by atoms with Crippen LogP contribution in [0, 0.1) is 0 Å². The molecule has 5 nitrogen and oxygen atoms in total. The predicted octanol–water partition coefficient (Wildman–Crippen LogP) is 0.592. The summed E-state index contributed by atoms with van der Waals surface area (Å²) >= 11 is 0. The van der Waals surface area contributed by atoms with E-state index in [9.17, 15) is 4.79 Å². The molecule has 18 heavy (non-hydrogen) atoms. The van der Waals surface area contributed by atoms with Crippen molar-refractivity contribution in [1.82, 2.24) is 9.80 Å². The number of rotatable bonds is 4. The molecule has 0 aliphatic carbocycles. The van der Waals surface area contributed by atoms with Gasteiger partial charge < -0.3 is 14.4 Å². The van der Waals surface area contributed by atoms with E-state index in [1.54, 1.807) is 12.3 Å². The van der Waals surface area contributed by atoms with Crippen molar-refractivity contribution in [1.29, 1.82) is 0 Å². The summed E-state index contributed by atoms with van der Waals surface area (Å²) in [7, 11) is 0. The highest BCUT2D eigenvalue weighted by molar-refractivity contribution is 5.95. The number of hydrogen-bond acceptors (Lipinski definition) is 4. The predicted molar refractivity (Wildman–Crippen MR) is 67.5 cm³/mol. The van der Waals surface area contributed by atoms with Gasteiger partial charge in [0.15, 0.2) is 0 Å². The third kappa shape index (κ3) is 2.73. The molecule has 1 N–H and O–H groups in total. The van der Waals surface area contributed by atoms with Crippen LogP contribution in [-0.2, 0) is 6.42 Å². The molecule has 100 valence electrons. The SMILES string of the molecule is CCc1occc1C(=O)N1CCN(CCO)CC1. The van der Waals surface area contributed by atoms with Crippen molar-refractivity contribution in [2.45, 2.75) is 13.3 Å². The molecule has 0 saturated carbocycles. The number of β-amino-alcohol motifs (C(OH)–C–C–N with tert-alkyl or cyclic N) is 1. The van der Waals surface area contributed by atoms with Crippen molar-refractivity contribution in [3.05, 3.63) is 23.7 Å². The summed E-state index contributed by atoms with van der Waals surface area (Å²) in [5.41, 5.74) is 0.688. The van der Waals surface area contributed by atoms with E-state index in [1.165, 1.54) is 0 Å². The van der Waals surface area contributed by atoms with Crippen molar-refractivity contribution in [2.75, 3.05) is 39.3 Å². The van der Waals surface area contributed by atoms with Gasteiger partial charge in [-0.25, -0.2) is 0 Å². The molecule has 0 bridgehead atoms. The maximum Gasteiger partial charge on any atom is 0.257 e. The molecule has 1 aromatic heterocycles. The lowest BCUT2D eigenvalue weighted by Crippen LogP contribution is -2.49. The second-order valence-corrected chi connectivity index (χ2v) is 4.47.